The zero-order valence-electron chi connectivity index (χ0n) is 12.7. The van der Waals surface area contributed by atoms with Crippen molar-refractivity contribution < 1.29 is 79.8 Å². The molecule has 0 saturated heterocycles. The molecule has 18 heteroatoms. The molecule has 0 bridgehead atoms. The molecule has 29 heavy (non-hydrogen) atoms. The molecule has 0 aliphatic rings. The smallest absolute Gasteiger partial charge is 0.411 e. The van der Waals surface area contributed by atoms with E-state index in [2.05, 4.69) is 11.3 Å². The van der Waals surface area contributed by atoms with Crippen molar-refractivity contribution in [1.82, 2.24) is 0 Å². The molecule has 0 aromatic heterocycles. The number of carbonyl (C=O) groups excluding carboxylic acids is 1. The summed E-state index contributed by atoms with van der Waals surface area (Å²) in [7, 11) is 0. The number of carbonyl (C=O) groups is 1. The van der Waals surface area contributed by atoms with E-state index in [1.807, 2.05) is 0 Å². The molecule has 0 aliphatic carbocycles. The summed E-state index contributed by atoms with van der Waals surface area (Å²) < 4.78 is 209. The number of hydrogen-bond acceptors (Lipinski definition) is 2. The minimum Gasteiger partial charge on any atom is -0.431 e. The SMILES string of the molecule is C=COC(=O)C(F)(F)C(F)(F)C(F)(F)C(F)(F)C(F)(F)C(F)(F)C(F)(F)C(F)F. The normalized spacial score (nSPS) is 15.5. The number of hydrogen-bond donors (Lipinski definition) is 0. The molecule has 2 nitrogen and oxygen atoms in total. The van der Waals surface area contributed by atoms with Crippen molar-refractivity contribution in [2.75, 3.05) is 0 Å². The quantitative estimate of drug-likeness (QED) is 0.256. The Hall–Kier alpha value is -1.91. The fourth-order valence-electron chi connectivity index (χ4n) is 1.41. The first-order valence-electron chi connectivity index (χ1n) is 6.17. The lowest BCUT2D eigenvalue weighted by molar-refractivity contribution is -0.444. The Balaban J connectivity index is 6.67. The van der Waals surface area contributed by atoms with Crippen LogP contribution in [-0.4, -0.2) is 53.9 Å². The maximum atomic E-state index is 13.2. The second-order valence-corrected chi connectivity index (χ2v) is 4.94. The summed E-state index contributed by atoms with van der Waals surface area (Å²) in [6.07, 6.45) is -6.37. The van der Waals surface area contributed by atoms with Gasteiger partial charge in [0.1, 0.15) is 0 Å². The molecule has 0 rings (SSSR count). The predicted molar refractivity (Wildman–Crippen MR) is 56.9 cm³/mol. The van der Waals surface area contributed by atoms with Gasteiger partial charge < -0.3 is 4.74 Å². The molecule has 0 N–H and O–H groups in total. The van der Waals surface area contributed by atoms with Gasteiger partial charge in [0.2, 0.25) is 0 Å². The molecule has 0 radical (unpaired) electrons. The van der Waals surface area contributed by atoms with E-state index in [0.29, 0.717) is 0 Å². The van der Waals surface area contributed by atoms with Crippen molar-refractivity contribution in [3.05, 3.63) is 12.8 Å². The lowest BCUT2D eigenvalue weighted by Crippen LogP contribution is -2.74. The van der Waals surface area contributed by atoms with E-state index >= 15 is 0 Å². The van der Waals surface area contributed by atoms with Crippen molar-refractivity contribution in [3.8, 4) is 0 Å². The maximum absolute atomic E-state index is 13.2. The number of rotatable bonds is 9. The van der Waals surface area contributed by atoms with Crippen LogP contribution >= 0.6 is 0 Å². The number of halogens is 16. The van der Waals surface area contributed by atoms with Gasteiger partial charge in [-0.15, -0.1) is 0 Å². The largest absolute Gasteiger partial charge is 0.431 e. The van der Waals surface area contributed by atoms with Crippen molar-refractivity contribution in [1.29, 1.82) is 0 Å². The van der Waals surface area contributed by atoms with E-state index < -0.39 is 60.1 Å². The summed E-state index contributed by atoms with van der Waals surface area (Å²) in [6.45, 7) is 2.29. The van der Waals surface area contributed by atoms with Crippen LogP contribution in [0.5, 0.6) is 0 Å². The Morgan fingerprint density at radius 2 is 0.966 bits per heavy atom. The zero-order valence-corrected chi connectivity index (χ0v) is 12.7. The highest BCUT2D eigenvalue weighted by molar-refractivity contribution is 5.79. The van der Waals surface area contributed by atoms with Gasteiger partial charge in [-0.1, -0.05) is 6.58 Å². The van der Waals surface area contributed by atoms with Gasteiger partial charge in [-0.2, -0.15) is 61.5 Å². The third kappa shape index (κ3) is 3.36. The highest BCUT2D eigenvalue weighted by atomic mass is 19.4. The molecule has 0 heterocycles. The Morgan fingerprint density at radius 3 is 1.28 bits per heavy atom. The average molecular weight is 472 g/mol. The van der Waals surface area contributed by atoms with Gasteiger partial charge in [-0.05, 0) is 0 Å². The second-order valence-electron chi connectivity index (χ2n) is 4.94. The lowest BCUT2D eigenvalue weighted by Gasteiger charge is -2.41. The molecular weight excluding hydrogens is 468 g/mol. The van der Waals surface area contributed by atoms with E-state index in [1.54, 1.807) is 0 Å². The fraction of sp³-hybridized carbons (Fsp3) is 0.727. The van der Waals surface area contributed by atoms with Crippen LogP contribution in [0, 0.1) is 0 Å². The third-order valence-corrected chi connectivity index (χ3v) is 3.11. The third-order valence-electron chi connectivity index (χ3n) is 3.11. The first-order valence-corrected chi connectivity index (χ1v) is 6.17. The van der Waals surface area contributed by atoms with Crippen LogP contribution < -0.4 is 0 Å². The first kappa shape index (κ1) is 27.1. The van der Waals surface area contributed by atoms with Crippen molar-refractivity contribution >= 4 is 5.97 Å². The van der Waals surface area contributed by atoms with Gasteiger partial charge >= 0.3 is 53.9 Å². The maximum Gasteiger partial charge on any atom is 0.411 e. The molecule has 0 aliphatic heterocycles. The second kappa shape index (κ2) is 7.10. The summed E-state index contributed by atoms with van der Waals surface area (Å²) in [6, 6.07) is 0. The molecule has 0 fully saturated rings. The summed E-state index contributed by atoms with van der Waals surface area (Å²) >= 11 is 0. The molecule has 0 aromatic carbocycles. The van der Waals surface area contributed by atoms with E-state index in [-0.39, 0.29) is 0 Å². The zero-order chi connectivity index (χ0) is 24.1. The van der Waals surface area contributed by atoms with Crippen molar-refractivity contribution in [3.63, 3.8) is 0 Å². The van der Waals surface area contributed by atoms with Crippen LogP contribution in [0.2, 0.25) is 0 Å². The van der Waals surface area contributed by atoms with Gasteiger partial charge in [0.15, 0.2) is 0 Å². The Kier molecular flexibility index (Phi) is 6.63. The standard InChI is InChI=1S/C11H4F16O2/c1-2-29-4(28)6(16,17)8(20,21)10(24,25)11(26,27)9(22,23)7(18,19)5(14,15)3(12)13/h2-3H,1H2. The fourth-order valence-corrected chi connectivity index (χ4v) is 1.41. The van der Waals surface area contributed by atoms with E-state index in [4.69, 9.17) is 0 Å². The van der Waals surface area contributed by atoms with Crippen LogP contribution in [0.3, 0.4) is 0 Å². The van der Waals surface area contributed by atoms with E-state index in [0.717, 1.165) is 0 Å². The van der Waals surface area contributed by atoms with Gasteiger partial charge in [-0.3, -0.25) is 0 Å². The molecule has 0 aromatic rings. The van der Waals surface area contributed by atoms with Crippen LogP contribution in [0.25, 0.3) is 0 Å². The Bertz CT molecular complexity index is 637. The summed E-state index contributed by atoms with van der Waals surface area (Å²) in [5.74, 6) is -60.1. The van der Waals surface area contributed by atoms with Crippen molar-refractivity contribution in [2.24, 2.45) is 0 Å². The topological polar surface area (TPSA) is 26.3 Å². The first-order chi connectivity index (χ1) is 12.4. The molecule has 0 unspecified atom stereocenters. The minimum atomic E-state index is -8.55. The van der Waals surface area contributed by atoms with Gasteiger partial charge in [0, 0.05) is 0 Å². The van der Waals surface area contributed by atoms with Gasteiger partial charge in [-0.25, -0.2) is 13.6 Å². The van der Waals surface area contributed by atoms with Crippen LogP contribution in [0.1, 0.15) is 0 Å². The summed E-state index contributed by atoms with van der Waals surface area (Å²) in [4.78, 5) is 10.5. The van der Waals surface area contributed by atoms with Crippen LogP contribution in [-0.2, 0) is 9.53 Å². The number of ether oxygens (including phenoxy) is 1. The van der Waals surface area contributed by atoms with Crippen molar-refractivity contribution in [2.45, 2.75) is 47.9 Å². The van der Waals surface area contributed by atoms with Crippen LogP contribution in [0.4, 0.5) is 70.2 Å². The predicted octanol–water partition coefficient (Wildman–Crippen LogP) is 5.39. The van der Waals surface area contributed by atoms with Gasteiger partial charge in [0.25, 0.3) is 0 Å². The highest BCUT2D eigenvalue weighted by Gasteiger charge is 2.94. The lowest BCUT2D eigenvalue weighted by atomic mass is 9.89. The molecule has 0 saturated carbocycles. The average Bonchev–Trinajstić information content (AvgIpc) is 2.53. The Labute approximate surface area is 148 Å². The van der Waals surface area contributed by atoms with Gasteiger partial charge in [0.05, 0.1) is 6.26 Å². The summed E-state index contributed by atoms with van der Waals surface area (Å²) in [5.41, 5.74) is 0. The number of alkyl halides is 16. The monoisotopic (exact) mass is 472 g/mol. The molecular formula is C11H4F16O2. The number of esters is 1. The molecule has 0 spiro atoms. The van der Waals surface area contributed by atoms with E-state index in [9.17, 15) is 75.0 Å². The molecule has 0 amide bonds. The molecule has 172 valence electrons. The summed E-state index contributed by atoms with van der Waals surface area (Å²) in [5, 5.41) is 0. The van der Waals surface area contributed by atoms with Crippen LogP contribution in [0.15, 0.2) is 12.8 Å². The Morgan fingerprint density at radius 1 is 0.655 bits per heavy atom. The molecule has 0 atom stereocenters. The minimum absolute atomic E-state index is 0.450. The van der Waals surface area contributed by atoms with E-state index in [1.165, 1.54) is 0 Å². The highest BCUT2D eigenvalue weighted by Crippen LogP contribution is 2.62.